The van der Waals surface area contributed by atoms with Crippen molar-refractivity contribution in [1.29, 1.82) is 0 Å². The average molecular weight is 248 g/mol. The van der Waals surface area contributed by atoms with Crippen LogP contribution in [0.2, 0.25) is 5.02 Å². The van der Waals surface area contributed by atoms with Crippen LogP contribution < -0.4 is 5.73 Å². The van der Waals surface area contributed by atoms with E-state index in [-0.39, 0.29) is 28.1 Å². The molecule has 1 rings (SSSR count). The first-order valence-corrected chi connectivity index (χ1v) is 4.78. The zero-order valence-electron chi connectivity index (χ0n) is 7.48. The molecule has 0 unspecified atom stereocenters. The summed E-state index contributed by atoms with van der Waals surface area (Å²) < 4.78 is 0. The number of rotatable bonds is 3. The zero-order valence-corrected chi connectivity index (χ0v) is 9.00. The van der Waals surface area contributed by atoms with E-state index in [1.165, 1.54) is 18.2 Å². The minimum Gasteiger partial charge on any atom is -0.386 e. The molecular weight excluding hydrogens is 241 g/mol. The molecule has 0 atom stereocenters. The van der Waals surface area contributed by atoms with E-state index in [1.807, 2.05) is 0 Å². The monoisotopic (exact) mass is 247 g/mol. The second-order valence-electron chi connectivity index (χ2n) is 2.63. The first kappa shape index (κ1) is 11.7. The molecule has 0 saturated heterocycles. The van der Waals surface area contributed by atoms with Gasteiger partial charge in [-0.05, 0) is 12.1 Å². The van der Waals surface area contributed by atoms with Gasteiger partial charge in [-0.3, -0.25) is 10.1 Å². The van der Waals surface area contributed by atoms with Gasteiger partial charge in [-0.25, -0.2) is 4.99 Å². The SMILES string of the molecule is NC(CCl)=Nc1ccc(Cl)cc1[N+](=O)[O-]. The number of nitro groups is 1. The number of amidine groups is 1. The molecule has 1 aromatic carbocycles. The second-order valence-corrected chi connectivity index (χ2v) is 3.33. The Bertz CT molecular complexity index is 420. The minimum absolute atomic E-state index is 0.0137. The fraction of sp³-hybridized carbons (Fsp3) is 0.125. The fourth-order valence-corrected chi connectivity index (χ4v) is 1.15. The molecule has 7 heteroatoms. The van der Waals surface area contributed by atoms with Gasteiger partial charge in [-0.15, -0.1) is 11.6 Å². The summed E-state index contributed by atoms with van der Waals surface area (Å²) in [7, 11) is 0. The molecule has 2 N–H and O–H groups in total. The molecule has 0 radical (unpaired) electrons. The third-order valence-electron chi connectivity index (χ3n) is 1.54. The van der Waals surface area contributed by atoms with Gasteiger partial charge in [0.05, 0.1) is 10.8 Å². The lowest BCUT2D eigenvalue weighted by atomic mass is 10.3. The number of nitrogens with two attached hydrogens (primary N) is 1. The lowest BCUT2D eigenvalue weighted by molar-refractivity contribution is -0.384. The third kappa shape index (κ3) is 3.07. The molecule has 0 bridgehead atoms. The molecular formula is C8H7Cl2N3O2. The molecule has 0 aliphatic carbocycles. The van der Waals surface area contributed by atoms with Crippen LogP contribution in [0, 0.1) is 10.1 Å². The molecule has 0 amide bonds. The number of nitrogens with zero attached hydrogens (tertiary/aromatic N) is 2. The van der Waals surface area contributed by atoms with Crippen molar-refractivity contribution in [1.82, 2.24) is 0 Å². The normalized spacial score (nSPS) is 11.5. The molecule has 5 nitrogen and oxygen atoms in total. The van der Waals surface area contributed by atoms with E-state index in [4.69, 9.17) is 28.9 Å². The Balaban J connectivity index is 3.23. The fourth-order valence-electron chi connectivity index (χ4n) is 0.922. The summed E-state index contributed by atoms with van der Waals surface area (Å²) in [6.07, 6.45) is 0. The van der Waals surface area contributed by atoms with E-state index in [2.05, 4.69) is 4.99 Å². The van der Waals surface area contributed by atoms with E-state index < -0.39 is 4.92 Å². The standard InChI is InChI=1S/C8H7Cl2N3O2/c9-4-8(11)12-6-2-1-5(10)3-7(6)13(14)15/h1-3H,4H2,(H2,11,12). The predicted octanol–water partition coefficient (Wildman–Crippen LogP) is 2.48. The second kappa shape index (κ2) is 4.95. The summed E-state index contributed by atoms with van der Waals surface area (Å²) in [5.74, 6) is 0.127. The lowest BCUT2D eigenvalue weighted by Gasteiger charge is -1.99. The Hall–Kier alpha value is -1.33. The van der Waals surface area contributed by atoms with Gasteiger partial charge in [-0.1, -0.05) is 11.6 Å². The van der Waals surface area contributed by atoms with Crippen LogP contribution in [-0.4, -0.2) is 16.6 Å². The molecule has 0 aliphatic rings. The molecule has 0 aromatic heterocycles. The molecule has 0 heterocycles. The Morgan fingerprint density at radius 2 is 2.27 bits per heavy atom. The van der Waals surface area contributed by atoms with Gasteiger partial charge >= 0.3 is 0 Å². The Morgan fingerprint density at radius 1 is 1.60 bits per heavy atom. The van der Waals surface area contributed by atoms with Crippen LogP contribution in [0.5, 0.6) is 0 Å². The van der Waals surface area contributed by atoms with E-state index in [1.54, 1.807) is 0 Å². The van der Waals surface area contributed by atoms with Gasteiger partial charge in [-0.2, -0.15) is 0 Å². The number of nitro benzene ring substituents is 1. The van der Waals surface area contributed by atoms with Crippen LogP contribution in [0.25, 0.3) is 0 Å². The quantitative estimate of drug-likeness (QED) is 0.293. The molecule has 0 saturated carbocycles. The van der Waals surface area contributed by atoms with Crippen LogP contribution in [0.3, 0.4) is 0 Å². The van der Waals surface area contributed by atoms with Crippen molar-refractivity contribution in [2.45, 2.75) is 0 Å². The van der Waals surface area contributed by atoms with Gasteiger partial charge < -0.3 is 5.73 Å². The number of alkyl halides is 1. The summed E-state index contributed by atoms with van der Waals surface area (Å²) in [4.78, 5) is 13.9. The van der Waals surface area contributed by atoms with Crippen molar-refractivity contribution in [3.63, 3.8) is 0 Å². The number of benzene rings is 1. The summed E-state index contributed by atoms with van der Waals surface area (Å²) in [5.41, 5.74) is 5.32. The Labute approximate surface area is 95.7 Å². The van der Waals surface area contributed by atoms with Gasteiger partial charge in [0.25, 0.3) is 5.69 Å². The first-order chi connectivity index (χ1) is 7.04. The van der Waals surface area contributed by atoms with Gasteiger partial charge in [0.2, 0.25) is 0 Å². The smallest absolute Gasteiger partial charge is 0.296 e. The highest BCUT2D eigenvalue weighted by molar-refractivity contribution is 6.31. The average Bonchev–Trinajstić information content (AvgIpc) is 2.20. The lowest BCUT2D eigenvalue weighted by Crippen LogP contribution is -2.12. The Morgan fingerprint density at radius 3 is 2.80 bits per heavy atom. The van der Waals surface area contributed by atoms with Crippen molar-refractivity contribution in [2.75, 3.05) is 5.88 Å². The largest absolute Gasteiger partial charge is 0.386 e. The van der Waals surface area contributed by atoms with Crippen LogP contribution in [0.15, 0.2) is 23.2 Å². The first-order valence-electron chi connectivity index (χ1n) is 3.87. The van der Waals surface area contributed by atoms with Crippen molar-refractivity contribution in [2.24, 2.45) is 10.7 Å². The van der Waals surface area contributed by atoms with Crippen LogP contribution in [-0.2, 0) is 0 Å². The molecule has 1 aromatic rings. The maximum Gasteiger partial charge on any atom is 0.296 e. The van der Waals surface area contributed by atoms with Gasteiger partial charge in [0.1, 0.15) is 11.5 Å². The van der Waals surface area contributed by atoms with Crippen molar-refractivity contribution >= 4 is 40.4 Å². The predicted molar refractivity (Wildman–Crippen MR) is 60.1 cm³/mol. The highest BCUT2D eigenvalue weighted by Crippen LogP contribution is 2.30. The van der Waals surface area contributed by atoms with Gasteiger partial charge in [0.15, 0.2) is 0 Å². The minimum atomic E-state index is -0.577. The number of aliphatic imine (C=N–C) groups is 1. The van der Waals surface area contributed by atoms with E-state index in [0.717, 1.165) is 0 Å². The number of halogens is 2. The number of hydrogen-bond donors (Lipinski definition) is 1. The summed E-state index contributed by atoms with van der Waals surface area (Å²) in [6.45, 7) is 0. The van der Waals surface area contributed by atoms with E-state index >= 15 is 0 Å². The summed E-state index contributed by atoms with van der Waals surface area (Å²) in [6, 6.07) is 4.12. The highest BCUT2D eigenvalue weighted by Gasteiger charge is 2.13. The van der Waals surface area contributed by atoms with Crippen molar-refractivity contribution < 1.29 is 4.92 Å². The van der Waals surface area contributed by atoms with E-state index in [0.29, 0.717) is 0 Å². The summed E-state index contributed by atoms with van der Waals surface area (Å²) >= 11 is 11.0. The molecule has 0 spiro atoms. The molecule has 15 heavy (non-hydrogen) atoms. The van der Waals surface area contributed by atoms with Crippen LogP contribution in [0.4, 0.5) is 11.4 Å². The molecule has 80 valence electrons. The maximum absolute atomic E-state index is 10.6. The Kier molecular flexibility index (Phi) is 3.88. The topological polar surface area (TPSA) is 81.5 Å². The summed E-state index contributed by atoms with van der Waals surface area (Å²) in [5, 5.41) is 10.9. The highest BCUT2D eigenvalue weighted by atomic mass is 35.5. The van der Waals surface area contributed by atoms with Crippen LogP contribution >= 0.6 is 23.2 Å². The molecule has 0 fully saturated rings. The zero-order chi connectivity index (χ0) is 11.4. The maximum atomic E-state index is 10.6. The van der Waals surface area contributed by atoms with E-state index in [9.17, 15) is 10.1 Å². The van der Waals surface area contributed by atoms with Crippen molar-refractivity contribution in [3.8, 4) is 0 Å². The van der Waals surface area contributed by atoms with Crippen molar-refractivity contribution in [3.05, 3.63) is 33.3 Å². The van der Waals surface area contributed by atoms with Crippen LogP contribution in [0.1, 0.15) is 0 Å². The third-order valence-corrected chi connectivity index (χ3v) is 2.04. The molecule has 0 aliphatic heterocycles. The number of hydrogen-bond acceptors (Lipinski definition) is 3. The van der Waals surface area contributed by atoms with Gasteiger partial charge in [0, 0.05) is 11.1 Å².